The van der Waals surface area contributed by atoms with Crippen molar-refractivity contribution in [3.8, 4) is 0 Å². The van der Waals surface area contributed by atoms with Gasteiger partial charge in [0.15, 0.2) is 0 Å². The van der Waals surface area contributed by atoms with Crippen LogP contribution in [-0.2, 0) is 0 Å². The van der Waals surface area contributed by atoms with Crippen LogP contribution in [0.25, 0.3) is 0 Å². The van der Waals surface area contributed by atoms with Gasteiger partial charge in [-0.15, -0.1) is 0 Å². The van der Waals surface area contributed by atoms with Gasteiger partial charge in [-0.1, -0.05) is 29.9 Å². The van der Waals surface area contributed by atoms with Gasteiger partial charge in [0.25, 0.3) is 0 Å². The molecular weight excluding hydrogens is 398 g/mol. The molecule has 0 saturated heterocycles. The fourth-order valence-corrected chi connectivity index (χ4v) is 2.73. The predicted molar refractivity (Wildman–Crippen MR) is 89.7 cm³/mol. The minimum absolute atomic E-state index is 0.00207. The van der Waals surface area contributed by atoms with Gasteiger partial charge in [-0.2, -0.15) is 0 Å². The van der Waals surface area contributed by atoms with Crippen LogP contribution in [0.3, 0.4) is 0 Å². The molecule has 98 valence electrons. The number of anilines is 2. The van der Waals surface area contributed by atoms with Gasteiger partial charge in [-0.25, -0.2) is 4.39 Å². The Morgan fingerprint density at radius 1 is 1.26 bits per heavy atom. The lowest BCUT2D eigenvalue weighted by atomic mass is 10.1. The highest BCUT2D eigenvalue weighted by Crippen LogP contribution is 2.29. The summed E-state index contributed by atoms with van der Waals surface area (Å²) in [7, 11) is 0. The van der Waals surface area contributed by atoms with Crippen molar-refractivity contribution >= 4 is 62.8 Å². The molecule has 2 rings (SSSR count). The van der Waals surface area contributed by atoms with Crippen LogP contribution >= 0.6 is 46.4 Å². The summed E-state index contributed by atoms with van der Waals surface area (Å²) in [6.45, 7) is 0. The summed E-state index contributed by atoms with van der Waals surface area (Å²) >= 11 is 13.2. The van der Waals surface area contributed by atoms with Gasteiger partial charge in [-0.05, 0) is 52.9 Å². The third-order valence-electron chi connectivity index (χ3n) is 2.46. The second-order valence-corrected chi connectivity index (χ2v) is 5.87. The molecule has 0 aliphatic rings. The van der Waals surface area contributed by atoms with E-state index in [2.05, 4.69) is 27.9 Å². The summed E-state index contributed by atoms with van der Waals surface area (Å²) in [5.41, 5.74) is 6.90. The average molecular weight is 407 g/mol. The molecule has 0 spiro atoms. The van der Waals surface area contributed by atoms with Crippen LogP contribution in [0.1, 0.15) is 5.56 Å². The van der Waals surface area contributed by atoms with E-state index in [9.17, 15) is 4.39 Å². The highest BCUT2D eigenvalue weighted by atomic mass is 127. The van der Waals surface area contributed by atoms with E-state index in [1.54, 1.807) is 12.1 Å². The zero-order chi connectivity index (χ0) is 14.0. The van der Waals surface area contributed by atoms with Gasteiger partial charge < -0.3 is 11.1 Å². The van der Waals surface area contributed by atoms with E-state index in [-0.39, 0.29) is 10.6 Å². The molecule has 19 heavy (non-hydrogen) atoms. The molecule has 0 aliphatic heterocycles. The Kier molecular flexibility index (Phi) is 4.59. The molecule has 0 heterocycles. The molecule has 0 atom stereocenters. The van der Waals surface area contributed by atoms with Crippen molar-refractivity contribution < 1.29 is 4.39 Å². The van der Waals surface area contributed by atoms with E-state index in [4.69, 9.17) is 29.6 Å². The molecule has 0 amide bonds. The smallest absolute Gasteiger partial charge is 0.135 e. The van der Waals surface area contributed by atoms with Crippen LogP contribution in [0.4, 0.5) is 15.8 Å². The lowest BCUT2D eigenvalue weighted by Crippen LogP contribution is -2.14. The van der Waals surface area contributed by atoms with Crippen LogP contribution < -0.4 is 11.1 Å². The number of hydrogen-bond donors (Lipinski definition) is 2. The number of nitrogens with two attached hydrogens (primary N) is 1. The first kappa shape index (κ1) is 14.5. The largest absolute Gasteiger partial charge is 0.389 e. The Balaban J connectivity index is 2.44. The third-order valence-corrected chi connectivity index (χ3v) is 3.65. The van der Waals surface area contributed by atoms with E-state index >= 15 is 0 Å². The fourth-order valence-electron chi connectivity index (χ4n) is 1.61. The second-order valence-electron chi connectivity index (χ2n) is 3.78. The summed E-state index contributed by atoms with van der Waals surface area (Å²) in [6.07, 6.45) is 0. The maximum atomic E-state index is 13.7. The molecule has 2 nitrogen and oxygen atoms in total. The molecule has 0 aromatic heterocycles. The van der Waals surface area contributed by atoms with Crippen molar-refractivity contribution in [3.05, 3.63) is 56.4 Å². The SMILES string of the molecule is NC(=S)c1c(F)cccc1Nc1ccc(I)cc1Cl. The number of rotatable bonds is 3. The quantitative estimate of drug-likeness (QED) is 0.584. The third kappa shape index (κ3) is 3.34. The van der Waals surface area contributed by atoms with Crippen LogP contribution in [0.5, 0.6) is 0 Å². The Bertz CT molecular complexity index is 649. The summed E-state index contributed by atoms with van der Waals surface area (Å²) in [5.74, 6) is -0.459. The van der Waals surface area contributed by atoms with Crippen molar-refractivity contribution in [2.75, 3.05) is 5.32 Å². The Morgan fingerprint density at radius 2 is 2.00 bits per heavy atom. The molecular formula is C13H9ClFIN2S. The van der Waals surface area contributed by atoms with Gasteiger partial charge in [-0.3, -0.25) is 0 Å². The highest BCUT2D eigenvalue weighted by Gasteiger charge is 2.12. The summed E-state index contributed by atoms with van der Waals surface area (Å²) in [5, 5.41) is 3.59. The number of hydrogen-bond acceptors (Lipinski definition) is 2. The van der Waals surface area contributed by atoms with Crippen LogP contribution in [0.2, 0.25) is 5.02 Å². The standard InChI is InChI=1S/C13H9ClFIN2S/c14-8-6-7(16)4-5-10(8)18-11-3-1-2-9(15)12(11)13(17)19/h1-6,18H,(H2,17,19). The molecule has 6 heteroatoms. The van der Waals surface area contributed by atoms with Gasteiger partial charge in [0, 0.05) is 3.57 Å². The van der Waals surface area contributed by atoms with E-state index < -0.39 is 5.82 Å². The van der Waals surface area contributed by atoms with E-state index in [0.717, 1.165) is 3.57 Å². The average Bonchev–Trinajstić information content (AvgIpc) is 2.32. The normalized spacial score (nSPS) is 10.3. The molecule has 2 aromatic carbocycles. The minimum atomic E-state index is -0.459. The van der Waals surface area contributed by atoms with E-state index in [1.807, 2.05) is 18.2 Å². The first-order valence-electron chi connectivity index (χ1n) is 5.29. The summed E-state index contributed by atoms with van der Waals surface area (Å²) in [6, 6.07) is 10.1. The second kappa shape index (κ2) is 6.02. The van der Waals surface area contributed by atoms with Crippen molar-refractivity contribution in [1.82, 2.24) is 0 Å². The highest BCUT2D eigenvalue weighted by molar-refractivity contribution is 14.1. The van der Waals surface area contributed by atoms with Crippen molar-refractivity contribution in [2.24, 2.45) is 5.73 Å². The number of nitrogens with one attached hydrogen (secondary N) is 1. The molecule has 0 bridgehead atoms. The molecule has 2 aromatic rings. The number of halogens is 3. The number of thiocarbonyl (C=S) groups is 1. The molecule has 0 saturated carbocycles. The Hall–Kier alpha value is -0.920. The molecule has 3 N–H and O–H groups in total. The molecule has 0 unspecified atom stereocenters. The topological polar surface area (TPSA) is 38.0 Å². The first-order chi connectivity index (χ1) is 8.99. The number of benzene rings is 2. The van der Waals surface area contributed by atoms with Crippen LogP contribution in [0.15, 0.2) is 36.4 Å². The van der Waals surface area contributed by atoms with Gasteiger partial charge in [0.05, 0.1) is 22.0 Å². The van der Waals surface area contributed by atoms with Crippen molar-refractivity contribution in [2.45, 2.75) is 0 Å². The Labute approximate surface area is 134 Å². The first-order valence-corrected chi connectivity index (χ1v) is 7.16. The summed E-state index contributed by atoms with van der Waals surface area (Å²) in [4.78, 5) is 0.00207. The van der Waals surface area contributed by atoms with E-state index in [1.165, 1.54) is 6.07 Å². The lowest BCUT2D eigenvalue weighted by molar-refractivity contribution is 0.626. The van der Waals surface area contributed by atoms with Gasteiger partial charge in [0.2, 0.25) is 0 Å². The van der Waals surface area contributed by atoms with Crippen LogP contribution in [0, 0.1) is 9.39 Å². The predicted octanol–water partition coefficient (Wildman–Crippen LogP) is 4.46. The van der Waals surface area contributed by atoms with E-state index in [0.29, 0.717) is 16.4 Å². The zero-order valence-corrected chi connectivity index (χ0v) is 13.3. The molecule has 0 radical (unpaired) electrons. The monoisotopic (exact) mass is 406 g/mol. The van der Waals surface area contributed by atoms with Gasteiger partial charge in [0.1, 0.15) is 10.8 Å². The van der Waals surface area contributed by atoms with Crippen molar-refractivity contribution in [1.29, 1.82) is 0 Å². The maximum Gasteiger partial charge on any atom is 0.135 e. The van der Waals surface area contributed by atoms with Crippen LogP contribution in [-0.4, -0.2) is 4.99 Å². The maximum absolute atomic E-state index is 13.7. The Morgan fingerprint density at radius 3 is 2.63 bits per heavy atom. The fraction of sp³-hybridized carbons (Fsp3) is 0. The minimum Gasteiger partial charge on any atom is -0.389 e. The lowest BCUT2D eigenvalue weighted by Gasteiger charge is -2.13. The zero-order valence-electron chi connectivity index (χ0n) is 9.58. The molecule has 0 fully saturated rings. The van der Waals surface area contributed by atoms with Crippen molar-refractivity contribution in [3.63, 3.8) is 0 Å². The summed E-state index contributed by atoms with van der Waals surface area (Å²) < 4.78 is 14.7. The molecule has 0 aliphatic carbocycles. The van der Waals surface area contributed by atoms with Gasteiger partial charge >= 0.3 is 0 Å².